The SMILES string of the molecule is O=C(CN1CCCOC1=O)NS(=O)(=O)c1ccc(Cl)cc1F. The number of nitrogens with one attached hydrogen (secondary N) is 1. The largest absolute Gasteiger partial charge is 0.449 e. The van der Waals surface area contributed by atoms with E-state index in [-0.39, 0.29) is 18.2 Å². The Labute approximate surface area is 131 Å². The van der Waals surface area contributed by atoms with Crippen molar-refractivity contribution < 1.29 is 27.1 Å². The zero-order valence-electron chi connectivity index (χ0n) is 11.2. The van der Waals surface area contributed by atoms with Crippen LogP contribution in [0.1, 0.15) is 6.42 Å². The van der Waals surface area contributed by atoms with Crippen LogP contribution in [0.3, 0.4) is 0 Å². The maximum atomic E-state index is 13.6. The van der Waals surface area contributed by atoms with Gasteiger partial charge >= 0.3 is 6.09 Å². The molecule has 10 heteroatoms. The van der Waals surface area contributed by atoms with Crippen LogP contribution < -0.4 is 4.72 Å². The molecule has 0 atom stereocenters. The number of hydrogen-bond donors (Lipinski definition) is 1. The summed E-state index contributed by atoms with van der Waals surface area (Å²) >= 11 is 5.54. The predicted molar refractivity (Wildman–Crippen MR) is 74.3 cm³/mol. The van der Waals surface area contributed by atoms with Crippen LogP contribution >= 0.6 is 11.6 Å². The van der Waals surface area contributed by atoms with Gasteiger partial charge in [-0.25, -0.2) is 22.3 Å². The van der Waals surface area contributed by atoms with Crippen LogP contribution in [0.25, 0.3) is 0 Å². The minimum absolute atomic E-state index is 0.0267. The number of sulfonamides is 1. The van der Waals surface area contributed by atoms with Gasteiger partial charge in [0.25, 0.3) is 15.9 Å². The molecule has 1 saturated heterocycles. The van der Waals surface area contributed by atoms with Gasteiger partial charge in [0.1, 0.15) is 17.3 Å². The quantitative estimate of drug-likeness (QED) is 0.878. The number of amides is 2. The van der Waals surface area contributed by atoms with E-state index in [9.17, 15) is 22.4 Å². The number of ether oxygens (including phenoxy) is 1. The van der Waals surface area contributed by atoms with Crippen molar-refractivity contribution in [3.8, 4) is 0 Å². The molecule has 1 aromatic rings. The standard InChI is InChI=1S/C12H12ClFN2O5S/c13-8-2-3-10(9(14)6-8)22(19,20)15-11(17)7-16-4-1-5-21-12(16)18/h2-3,6H,1,4-5,7H2,(H,15,17). The number of cyclic esters (lactones) is 1. The molecule has 0 radical (unpaired) electrons. The summed E-state index contributed by atoms with van der Waals surface area (Å²) in [7, 11) is -4.39. The van der Waals surface area contributed by atoms with Crippen LogP contribution in [0, 0.1) is 5.82 Å². The molecule has 0 aliphatic carbocycles. The molecule has 120 valence electrons. The normalized spacial score (nSPS) is 15.4. The molecular formula is C12H12ClFN2O5S. The van der Waals surface area contributed by atoms with Crippen molar-refractivity contribution in [3.63, 3.8) is 0 Å². The first-order chi connectivity index (χ1) is 10.3. The summed E-state index contributed by atoms with van der Waals surface area (Å²) in [6.45, 7) is 0.0418. The molecule has 2 rings (SSSR count). The number of carbonyl (C=O) groups is 2. The van der Waals surface area contributed by atoms with Crippen LogP contribution in [0.2, 0.25) is 5.02 Å². The number of carbonyl (C=O) groups excluding carboxylic acids is 2. The zero-order valence-corrected chi connectivity index (χ0v) is 12.8. The molecule has 7 nitrogen and oxygen atoms in total. The van der Waals surface area contributed by atoms with Crippen LogP contribution in [-0.2, 0) is 19.6 Å². The molecule has 0 bridgehead atoms. The fourth-order valence-electron chi connectivity index (χ4n) is 1.84. The van der Waals surface area contributed by atoms with Gasteiger partial charge in [-0.3, -0.25) is 9.69 Å². The van der Waals surface area contributed by atoms with E-state index < -0.39 is 39.3 Å². The predicted octanol–water partition coefficient (Wildman–Crippen LogP) is 1.13. The van der Waals surface area contributed by atoms with Gasteiger partial charge in [-0.1, -0.05) is 11.6 Å². The van der Waals surface area contributed by atoms with Gasteiger partial charge in [-0.15, -0.1) is 0 Å². The third-order valence-corrected chi connectivity index (χ3v) is 4.46. The lowest BCUT2D eigenvalue weighted by atomic mass is 10.3. The highest BCUT2D eigenvalue weighted by molar-refractivity contribution is 7.90. The third kappa shape index (κ3) is 3.86. The van der Waals surface area contributed by atoms with E-state index >= 15 is 0 Å². The van der Waals surface area contributed by atoms with E-state index in [2.05, 4.69) is 0 Å². The maximum Gasteiger partial charge on any atom is 0.410 e. The fourth-order valence-corrected chi connectivity index (χ4v) is 3.04. The van der Waals surface area contributed by atoms with Gasteiger partial charge in [0, 0.05) is 11.6 Å². The number of rotatable bonds is 4. The molecule has 1 N–H and O–H groups in total. The summed E-state index contributed by atoms with van der Waals surface area (Å²) in [5, 5.41) is 0.0267. The van der Waals surface area contributed by atoms with E-state index in [1.54, 1.807) is 4.72 Å². The lowest BCUT2D eigenvalue weighted by Crippen LogP contribution is -2.45. The monoisotopic (exact) mass is 350 g/mol. The third-order valence-electron chi connectivity index (χ3n) is 2.82. The molecule has 0 unspecified atom stereocenters. The van der Waals surface area contributed by atoms with Crippen molar-refractivity contribution in [2.45, 2.75) is 11.3 Å². The Morgan fingerprint density at radius 3 is 2.82 bits per heavy atom. The smallest absolute Gasteiger partial charge is 0.410 e. The Morgan fingerprint density at radius 1 is 1.45 bits per heavy atom. The van der Waals surface area contributed by atoms with Crippen molar-refractivity contribution >= 4 is 33.6 Å². The summed E-state index contributed by atoms with van der Waals surface area (Å²) in [5.74, 6) is -2.04. The number of hydrogen-bond acceptors (Lipinski definition) is 5. The lowest BCUT2D eigenvalue weighted by Gasteiger charge is -2.25. The molecule has 0 spiro atoms. The highest BCUT2D eigenvalue weighted by atomic mass is 35.5. The lowest BCUT2D eigenvalue weighted by molar-refractivity contribution is -0.120. The second-order valence-electron chi connectivity index (χ2n) is 4.49. The first-order valence-corrected chi connectivity index (χ1v) is 8.08. The van der Waals surface area contributed by atoms with Crippen LogP contribution in [0.15, 0.2) is 23.1 Å². The summed E-state index contributed by atoms with van der Waals surface area (Å²) in [5.41, 5.74) is 0. The van der Waals surface area contributed by atoms with E-state index in [1.165, 1.54) is 6.07 Å². The number of benzene rings is 1. The molecule has 0 saturated carbocycles. The molecule has 22 heavy (non-hydrogen) atoms. The average Bonchev–Trinajstić information content (AvgIpc) is 2.40. The Balaban J connectivity index is 2.08. The van der Waals surface area contributed by atoms with Crippen LogP contribution in [-0.4, -0.2) is 45.0 Å². The highest BCUT2D eigenvalue weighted by Crippen LogP contribution is 2.18. The van der Waals surface area contributed by atoms with Crippen LogP contribution in [0.5, 0.6) is 0 Å². The second kappa shape index (κ2) is 6.49. The van der Waals surface area contributed by atoms with Gasteiger partial charge in [0.2, 0.25) is 0 Å². The molecule has 2 amide bonds. The van der Waals surface area contributed by atoms with Crippen molar-refractivity contribution in [2.24, 2.45) is 0 Å². The van der Waals surface area contributed by atoms with E-state index in [1.807, 2.05) is 0 Å². The Morgan fingerprint density at radius 2 is 2.18 bits per heavy atom. The van der Waals surface area contributed by atoms with Crippen molar-refractivity contribution in [1.82, 2.24) is 9.62 Å². The average molecular weight is 351 g/mol. The molecular weight excluding hydrogens is 339 g/mol. The number of nitrogens with zero attached hydrogens (tertiary/aromatic N) is 1. The molecule has 1 aliphatic rings. The maximum absolute atomic E-state index is 13.6. The summed E-state index contributed by atoms with van der Waals surface area (Å²) < 4.78 is 43.9. The second-order valence-corrected chi connectivity index (χ2v) is 6.58. The highest BCUT2D eigenvalue weighted by Gasteiger charge is 2.26. The first kappa shape index (κ1) is 16.5. The summed E-state index contributed by atoms with van der Waals surface area (Å²) in [4.78, 5) is 23.5. The minimum atomic E-state index is -4.39. The fraction of sp³-hybridized carbons (Fsp3) is 0.333. The van der Waals surface area contributed by atoms with E-state index in [0.717, 1.165) is 17.0 Å². The van der Waals surface area contributed by atoms with Gasteiger partial charge < -0.3 is 4.74 Å². The van der Waals surface area contributed by atoms with Crippen molar-refractivity contribution in [3.05, 3.63) is 29.0 Å². The van der Waals surface area contributed by atoms with Gasteiger partial charge in [0.05, 0.1) is 6.61 Å². The van der Waals surface area contributed by atoms with Gasteiger partial charge in [0.15, 0.2) is 0 Å². The molecule has 1 aliphatic heterocycles. The molecule has 1 heterocycles. The van der Waals surface area contributed by atoms with Gasteiger partial charge in [-0.2, -0.15) is 0 Å². The Bertz CT molecular complexity index is 709. The Hall–Kier alpha value is -1.87. The number of halogens is 2. The van der Waals surface area contributed by atoms with E-state index in [4.69, 9.17) is 16.3 Å². The molecule has 0 aromatic heterocycles. The van der Waals surface area contributed by atoms with Gasteiger partial charge in [-0.05, 0) is 24.6 Å². The van der Waals surface area contributed by atoms with Crippen molar-refractivity contribution in [2.75, 3.05) is 19.7 Å². The first-order valence-electron chi connectivity index (χ1n) is 6.22. The topological polar surface area (TPSA) is 92.8 Å². The summed E-state index contributed by atoms with van der Waals surface area (Å²) in [6.07, 6.45) is -0.158. The van der Waals surface area contributed by atoms with E-state index in [0.29, 0.717) is 6.42 Å². The minimum Gasteiger partial charge on any atom is -0.449 e. The van der Waals surface area contributed by atoms with Crippen molar-refractivity contribution in [1.29, 1.82) is 0 Å². The summed E-state index contributed by atoms with van der Waals surface area (Å²) in [6, 6.07) is 2.96. The Kier molecular flexibility index (Phi) is 4.87. The molecule has 1 aromatic carbocycles. The van der Waals surface area contributed by atoms with Crippen LogP contribution in [0.4, 0.5) is 9.18 Å². The zero-order chi connectivity index (χ0) is 16.3. The molecule has 1 fully saturated rings.